The number of nitrogens with zero attached hydrogens (tertiary/aromatic N) is 4. The van der Waals surface area contributed by atoms with E-state index in [0.29, 0.717) is 18.8 Å². The maximum Gasteiger partial charge on any atom is 0.287 e. The van der Waals surface area contributed by atoms with Crippen LogP contribution in [0, 0.1) is 0 Å². The molecular weight excluding hydrogens is 394 g/mol. The molecule has 0 spiro atoms. The monoisotopic (exact) mass is 409 g/mol. The van der Waals surface area contributed by atoms with Gasteiger partial charge in [-0.15, -0.1) is 10.2 Å². The standard InChI is InChI=1S/C20H16ClN5OS/c21-18-16(11-23-26(20(18)27)13-14-7-3-1-4-8-14)22-12-17-24-25-19(28-17)15-9-5-2-6-10-15/h1-11,22H,12-13H2. The van der Waals surface area contributed by atoms with Crippen molar-refractivity contribution < 1.29 is 0 Å². The highest BCUT2D eigenvalue weighted by Crippen LogP contribution is 2.24. The van der Waals surface area contributed by atoms with E-state index in [0.717, 1.165) is 21.1 Å². The Hall–Kier alpha value is -3.03. The van der Waals surface area contributed by atoms with Crippen LogP contribution in [0.25, 0.3) is 10.6 Å². The summed E-state index contributed by atoms with van der Waals surface area (Å²) in [5.74, 6) is 0. The van der Waals surface area contributed by atoms with E-state index >= 15 is 0 Å². The van der Waals surface area contributed by atoms with Crippen LogP contribution in [0.3, 0.4) is 0 Å². The lowest BCUT2D eigenvalue weighted by molar-refractivity contribution is 0.640. The van der Waals surface area contributed by atoms with Gasteiger partial charge in [0.25, 0.3) is 5.56 Å². The van der Waals surface area contributed by atoms with Gasteiger partial charge in [-0.2, -0.15) is 5.10 Å². The summed E-state index contributed by atoms with van der Waals surface area (Å²) in [6.07, 6.45) is 1.56. The van der Waals surface area contributed by atoms with Gasteiger partial charge >= 0.3 is 0 Å². The van der Waals surface area contributed by atoms with Gasteiger partial charge in [-0.25, -0.2) is 4.68 Å². The zero-order valence-electron chi connectivity index (χ0n) is 14.7. The first kappa shape index (κ1) is 18.3. The van der Waals surface area contributed by atoms with Gasteiger partial charge in [-0.3, -0.25) is 4.79 Å². The van der Waals surface area contributed by atoms with Crippen LogP contribution in [0.15, 0.2) is 71.7 Å². The van der Waals surface area contributed by atoms with Gasteiger partial charge in [-0.05, 0) is 5.56 Å². The maximum atomic E-state index is 12.5. The average molecular weight is 410 g/mol. The second-order valence-electron chi connectivity index (χ2n) is 6.04. The smallest absolute Gasteiger partial charge is 0.287 e. The first-order chi connectivity index (χ1) is 13.7. The minimum atomic E-state index is -0.335. The van der Waals surface area contributed by atoms with Crippen LogP contribution in [-0.2, 0) is 13.1 Å². The fourth-order valence-electron chi connectivity index (χ4n) is 2.65. The van der Waals surface area contributed by atoms with E-state index in [1.165, 1.54) is 16.0 Å². The van der Waals surface area contributed by atoms with E-state index in [2.05, 4.69) is 20.6 Å². The molecule has 28 heavy (non-hydrogen) atoms. The van der Waals surface area contributed by atoms with Crippen LogP contribution in [0.1, 0.15) is 10.6 Å². The highest BCUT2D eigenvalue weighted by atomic mass is 35.5. The molecule has 0 fully saturated rings. The fraction of sp³-hybridized carbons (Fsp3) is 0.100. The van der Waals surface area contributed by atoms with Gasteiger partial charge in [0.2, 0.25) is 0 Å². The summed E-state index contributed by atoms with van der Waals surface area (Å²) >= 11 is 7.75. The predicted molar refractivity (Wildman–Crippen MR) is 112 cm³/mol. The van der Waals surface area contributed by atoms with Gasteiger partial charge in [0.05, 0.1) is 25.0 Å². The van der Waals surface area contributed by atoms with Gasteiger partial charge < -0.3 is 5.32 Å². The van der Waals surface area contributed by atoms with E-state index in [1.807, 2.05) is 60.7 Å². The second-order valence-corrected chi connectivity index (χ2v) is 7.48. The molecule has 2 aromatic carbocycles. The van der Waals surface area contributed by atoms with Crippen molar-refractivity contribution in [2.45, 2.75) is 13.1 Å². The second kappa shape index (κ2) is 8.33. The lowest BCUT2D eigenvalue weighted by atomic mass is 10.2. The Labute approximate surface area is 170 Å². The van der Waals surface area contributed by atoms with Crippen LogP contribution in [0.2, 0.25) is 5.02 Å². The lowest BCUT2D eigenvalue weighted by Gasteiger charge is -2.09. The maximum absolute atomic E-state index is 12.5. The quantitative estimate of drug-likeness (QED) is 0.519. The third kappa shape index (κ3) is 4.11. The van der Waals surface area contributed by atoms with Crippen molar-refractivity contribution in [1.82, 2.24) is 20.0 Å². The summed E-state index contributed by atoms with van der Waals surface area (Å²) in [6, 6.07) is 19.5. The van der Waals surface area contributed by atoms with Crippen molar-refractivity contribution in [2.24, 2.45) is 0 Å². The van der Waals surface area contributed by atoms with E-state index in [4.69, 9.17) is 11.6 Å². The number of hydrogen-bond donors (Lipinski definition) is 1. The molecule has 0 aliphatic rings. The molecule has 0 radical (unpaired) electrons. The lowest BCUT2D eigenvalue weighted by Crippen LogP contribution is -2.24. The van der Waals surface area contributed by atoms with Crippen LogP contribution in [0.4, 0.5) is 5.69 Å². The van der Waals surface area contributed by atoms with Crippen molar-refractivity contribution in [3.05, 3.63) is 92.8 Å². The molecule has 4 aromatic rings. The molecule has 0 saturated heterocycles. The number of aromatic nitrogens is 4. The molecule has 0 aliphatic carbocycles. The van der Waals surface area contributed by atoms with Crippen molar-refractivity contribution in [2.75, 3.05) is 5.32 Å². The van der Waals surface area contributed by atoms with Gasteiger partial charge in [0.1, 0.15) is 15.0 Å². The first-order valence-corrected chi connectivity index (χ1v) is 9.81. The van der Waals surface area contributed by atoms with Crippen LogP contribution in [0.5, 0.6) is 0 Å². The number of hydrogen-bond acceptors (Lipinski definition) is 6. The SMILES string of the molecule is O=c1c(Cl)c(NCc2nnc(-c3ccccc3)s2)cnn1Cc1ccccc1. The largest absolute Gasteiger partial charge is 0.376 e. The molecule has 6 nitrogen and oxygen atoms in total. The zero-order valence-corrected chi connectivity index (χ0v) is 16.3. The topological polar surface area (TPSA) is 72.7 Å². The predicted octanol–water partition coefficient (Wildman–Crippen LogP) is 4.08. The Morgan fingerprint density at radius 3 is 2.46 bits per heavy atom. The summed E-state index contributed by atoms with van der Waals surface area (Å²) in [5, 5.41) is 17.5. The van der Waals surface area contributed by atoms with Crippen LogP contribution in [-0.4, -0.2) is 20.0 Å². The molecule has 140 valence electrons. The molecule has 2 heterocycles. The molecule has 8 heteroatoms. The van der Waals surface area contributed by atoms with Crippen molar-refractivity contribution in [3.8, 4) is 10.6 Å². The summed E-state index contributed by atoms with van der Waals surface area (Å²) in [4.78, 5) is 12.5. The molecule has 0 atom stereocenters. The Balaban J connectivity index is 1.46. The molecule has 0 saturated carbocycles. The number of anilines is 1. The van der Waals surface area contributed by atoms with E-state index in [-0.39, 0.29) is 10.6 Å². The van der Waals surface area contributed by atoms with Crippen molar-refractivity contribution in [3.63, 3.8) is 0 Å². The average Bonchev–Trinajstić information content (AvgIpc) is 3.21. The third-order valence-corrected chi connectivity index (χ3v) is 5.42. The minimum Gasteiger partial charge on any atom is -0.376 e. The van der Waals surface area contributed by atoms with E-state index in [9.17, 15) is 4.79 Å². The summed E-state index contributed by atoms with van der Waals surface area (Å²) in [7, 11) is 0. The number of benzene rings is 2. The Morgan fingerprint density at radius 1 is 1.00 bits per heavy atom. The number of nitrogens with one attached hydrogen (secondary N) is 1. The molecule has 0 unspecified atom stereocenters. The molecule has 4 rings (SSSR count). The van der Waals surface area contributed by atoms with E-state index < -0.39 is 0 Å². The summed E-state index contributed by atoms with van der Waals surface area (Å²) in [6.45, 7) is 0.782. The molecule has 1 N–H and O–H groups in total. The van der Waals surface area contributed by atoms with E-state index in [1.54, 1.807) is 6.20 Å². The molecule has 0 bridgehead atoms. The molecule has 0 amide bonds. The first-order valence-electron chi connectivity index (χ1n) is 8.62. The van der Waals surface area contributed by atoms with Crippen LogP contribution < -0.4 is 10.9 Å². The molecule has 2 aromatic heterocycles. The molecular formula is C20H16ClN5OS. The zero-order chi connectivity index (χ0) is 19.3. The van der Waals surface area contributed by atoms with Gasteiger partial charge in [-0.1, -0.05) is 83.6 Å². The van der Waals surface area contributed by atoms with Gasteiger partial charge in [0.15, 0.2) is 0 Å². The highest BCUT2D eigenvalue weighted by Gasteiger charge is 2.11. The van der Waals surface area contributed by atoms with Crippen LogP contribution >= 0.6 is 22.9 Å². The van der Waals surface area contributed by atoms with Crippen molar-refractivity contribution in [1.29, 1.82) is 0 Å². The number of rotatable bonds is 6. The Bertz CT molecular complexity index is 1130. The summed E-state index contributed by atoms with van der Waals surface area (Å²) < 4.78 is 1.35. The van der Waals surface area contributed by atoms with Crippen molar-refractivity contribution >= 4 is 28.6 Å². The minimum absolute atomic E-state index is 0.110. The fourth-order valence-corrected chi connectivity index (χ4v) is 3.65. The Kier molecular flexibility index (Phi) is 5.45. The molecule has 0 aliphatic heterocycles. The number of halogens is 1. The summed E-state index contributed by atoms with van der Waals surface area (Å²) in [5.41, 5.74) is 2.15. The Morgan fingerprint density at radius 2 is 1.71 bits per heavy atom. The third-order valence-electron chi connectivity index (χ3n) is 4.08. The highest BCUT2D eigenvalue weighted by molar-refractivity contribution is 7.14. The normalized spacial score (nSPS) is 10.8. The van der Waals surface area contributed by atoms with Gasteiger partial charge in [0, 0.05) is 5.56 Å².